The first-order valence-corrected chi connectivity index (χ1v) is 6.40. The van der Waals surface area contributed by atoms with E-state index in [0.29, 0.717) is 0 Å². The second-order valence-corrected chi connectivity index (χ2v) is 5.20. The van der Waals surface area contributed by atoms with Gasteiger partial charge in [-0.3, -0.25) is 9.59 Å². The number of sulfonamides is 1. The number of rotatable bonds is 4. The van der Waals surface area contributed by atoms with Crippen molar-refractivity contribution in [3.63, 3.8) is 0 Å². The highest BCUT2D eigenvalue weighted by molar-refractivity contribution is 7.90. The Morgan fingerprint density at radius 3 is 2.22 bits per heavy atom. The molecular weight excluding hydrogens is 256 g/mol. The average Bonchev–Trinajstić information content (AvgIpc) is 2.26. The molecule has 0 saturated heterocycles. The Hall–Kier alpha value is -2.15. The van der Waals surface area contributed by atoms with Gasteiger partial charge >= 0.3 is 0 Å². The maximum absolute atomic E-state index is 11.7. The molecule has 3 N–H and O–H groups in total. The van der Waals surface area contributed by atoms with Gasteiger partial charge in [-0.15, -0.1) is 0 Å². The van der Waals surface area contributed by atoms with Gasteiger partial charge in [0.1, 0.15) is 0 Å². The number of amides is 2. The Morgan fingerprint density at radius 2 is 1.72 bits per heavy atom. The zero-order valence-electron chi connectivity index (χ0n) is 9.58. The smallest absolute Gasteiger partial charge is 0.264 e. The summed E-state index contributed by atoms with van der Waals surface area (Å²) in [6.07, 6.45) is 1.54. The molecule has 0 radical (unpaired) electrons. The van der Waals surface area contributed by atoms with E-state index >= 15 is 0 Å². The lowest BCUT2D eigenvalue weighted by Gasteiger charge is -2.04. The van der Waals surface area contributed by atoms with Crippen molar-refractivity contribution >= 4 is 21.8 Å². The van der Waals surface area contributed by atoms with Gasteiger partial charge in [-0.2, -0.15) is 0 Å². The number of benzene rings is 1. The Labute approximate surface area is 105 Å². The summed E-state index contributed by atoms with van der Waals surface area (Å²) in [5, 5.41) is 0. The Morgan fingerprint density at radius 1 is 1.17 bits per heavy atom. The monoisotopic (exact) mass is 268 g/mol. The number of carbonyl (C=O) groups excluding carboxylic acids is 2. The number of carbonyl (C=O) groups is 2. The van der Waals surface area contributed by atoms with Crippen LogP contribution in [0.4, 0.5) is 0 Å². The van der Waals surface area contributed by atoms with Gasteiger partial charge in [0.15, 0.2) is 0 Å². The SMILES string of the molecule is Cc1ccc(S(=O)(=O)NC(=O)/C=C\C(N)=O)cc1. The highest BCUT2D eigenvalue weighted by Crippen LogP contribution is 2.09. The molecule has 0 aliphatic rings. The van der Waals surface area contributed by atoms with Crippen LogP contribution >= 0.6 is 0 Å². The molecule has 2 amide bonds. The molecule has 0 aromatic heterocycles. The van der Waals surface area contributed by atoms with Crippen LogP contribution in [0.5, 0.6) is 0 Å². The van der Waals surface area contributed by atoms with Gasteiger partial charge in [-0.05, 0) is 19.1 Å². The van der Waals surface area contributed by atoms with Crippen molar-refractivity contribution in [3.05, 3.63) is 42.0 Å². The molecular formula is C11H12N2O4S. The first kappa shape index (κ1) is 13.9. The van der Waals surface area contributed by atoms with Crippen LogP contribution in [0.3, 0.4) is 0 Å². The molecule has 0 saturated carbocycles. The highest BCUT2D eigenvalue weighted by Gasteiger charge is 2.15. The van der Waals surface area contributed by atoms with Crippen molar-refractivity contribution in [2.75, 3.05) is 0 Å². The molecule has 0 aliphatic heterocycles. The first-order valence-electron chi connectivity index (χ1n) is 4.92. The minimum Gasteiger partial charge on any atom is -0.366 e. The van der Waals surface area contributed by atoms with Crippen LogP contribution in [0.1, 0.15) is 5.56 Å². The van der Waals surface area contributed by atoms with Crippen molar-refractivity contribution in [2.24, 2.45) is 5.73 Å². The number of primary amides is 1. The van der Waals surface area contributed by atoms with Crippen molar-refractivity contribution in [2.45, 2.75) is 11.8 Å². The van der Waals surface area contributed by atoms with Gasteiger partial charge in [0.25, 0.3) is 15.9 Å². The second-order valence-electron chi connectivity index (χ2n) is 3.52. The molecule has 0 heterocycles. The van der Waals surface area contributed by atoms with E-state index in [1.807, 2.05) is 6.92 Å². The standard InChI is InChI=1S/C11H12N2O4S/c1-8-2-4-9(5-3-8)18(16,17)13-11(15)7-6-10(12)14/h2-7H,1H3,(H2,12,14)(H,13,15)/b7-6-. The fourth-order valence-electron chi connectivity index (χ4n) is 1.10. The van der Waals surface area contributed by atoms with Gasteiger partial charge < -0.3 is 5.73 Å². The van der Waals surface area contributed by atoms with E-state index in [2.05, 4.69) is 0 Å². The molecule has 1 aromatic rings. The largest absolute Gasteiger partial charge is 0.366 e. The summed E-state index contributed by atoms with van der Waals surface area (Å²) in [5.41, 5.74) is 5.67. The Kier molecular flexibility index (Phi) is 4.22. The normalized spacial score (nSPS) is 11.4. The third-order valence-corrected chi connectivity index (χ3v) is 3.33. The number of hydrogen-bond acceptors (Lipinski definition) is 4. The zero-order chi connectivity index (χ0) is 13.8. The molecule has 0 spiro atoms. The Balaban J connectivity index is 2.86. The number of aryl methyl sites for hydroxylation is 1. The van der Waals surface area contributed by atoms with E-state index in [4.69, 9.17) is 5.73 Å². The molecule has 0 atom stereocenters. The summed E-state index contributed by atoms with van der Waals surface area (Å²) >= 11 is 0. The highest BCUT2D eigenvalue weighted by atomic mass is 32.2. The lowest BCUT2D eigenvalue weighted by atomic mass is 10.2. The molecule has 0 unspecified atom stereocenters. The van der Waals surface area contributed by atoms with E-state index in [9.17, 15) is 18.0 Å². The summed E-state index contributed by atoms with van der Waals surface area (Å²) < 4.78 is 25.2. The summed E-state index contributed by atoms with van der Waals surface area (Å²) in [6, 6.07) is 5.97. The van der Waals surface area contributed by atoms with Crippen LogP contribution in [0.15, 0.2) is 41.3 Å². The third kappa shape index (κ3) is 4.02. The predicted octanol–water partition coefficient (Wildman–Crippen LogP) is -0.159. The van der Waals surface area contributed by atoms with Crippen LogP contribution < -0.4 is 10.5 Å². The second kappa shape index (κ2) is 5.46. The molecule has 0 aliphatic carbocycles. The molecule has 0 bridgehead atoms. The van der Waals surface area contributed by atoms with Crippen LogP contribution in [-0.2, 0) is 19.6 Å². The summed E-state index contributed by atoms with van der Waals surface area (Å²) in [4.78, 5) is 21.6. The van der Waals surface area contributed by atoms with Crippen LogP contribution in [0.25, 0.3) is 0 Å². The van der Waals surface area contributed by atoms with Crippen LogP contribution in [-0.4, -0.2) is 20.2 Å². The lowest BCUT2D eigenvalue weighted by molar-refractivity contribution is -0.116. The van der Waals surface area contributed by atoms with E-state index in [0.717, 1.165) is 17.7 Å². The van der Waals surface area contributed by atoms with E-state index in [-0.39, 0.29) is 4.90 Å². The van der Waals surface area contributed by atoms with Gasteiger partial charge in [-0.25, -0.2) is 13.1 Å². The van der Waals surface area contributed by atoms with Crippen LogP contribution in [0.2, 0.25) is 0 Å². The quantitative estimate of drug-likeness (QED) is 0.740. The fraction of sp³-hybridized carbons (Fsp3) is 0.0909. The topological polar surface area (TPSA) is 106 Å². The van der Waals surface area contributed by atoms with Gasteiger partial charge in [-0.1, -0.05) is 17.7 Å². The molecule has 6 nitrogen and oxygen atoms in total. The molecule has 96 valence electrons. The molecule has 7 heteroatoms. The first-order chi connectivity index (χ1) is 8.31. The predicted molar refractivity (Wildman–Crippen MR) is 64.8 cm³/mol. The number of nitrogens with one attached hydrogen (secondary N) is 1. The van der Waals surface area contributed by atoms with Crippen LogP contribution in [0, 0.1) is 6.92 Å². The van der Waals surface area contributed by atoms with Gasteiger partial charge in [0.05, 0.1) is 4.90 Å². The van der Waals surface area contributed by atoms with Crippen molar-refractivity contribution < 1.29 is 18.0 Å². The summed E-state index contributed by atoms with van der Waals surface area (Å²) in [6.45, 7) is 1.81. The minimum absolute atomic E-state index is 0.0334. The molecule has 1 rings (SSSR count). The van der Waals surface area contributed by atoms with E-state index < -0.39 is 21.8 Å². The Bertz CT molecular complexity index is 588. The van der Waals surface area contributed by atoms with E-state index in [1.165, 1.54) is 12.1 Å². The van der Waals surface area contributed by atoms with Gasteiger partial charge in [0, 0.05) is 12.2 Å². The molecule has 1 aromatic carbocycles. The van der Waals surface area contributed by atoms with Crippen molar-refractivity contribution in [1.29, 1.82) is 0 Å². The van der Waals surface area contributed by atoms with Crippen molar-refractivity contribution in [3.8, 4) is 0 Å². The lowest BCUT2D eigenvalue weighted by Crippen LogP contribution is -2.29. The third-order valence-electron chi connectivity index (χ3n) is 1.97. The van der Waals surface area contributed by atoms with Gasteiger partial charge in [0.2, 0.25) is 5.91 Å². The summed E-state index contributed by atoms with van der Waals surface area (Å²) in [7, 11) is -3.93. The minimum atomic E-state index is -3.93. The maximum Gasteiger partial charge on any atom is 0.264 e. The maximum atomic E-state index is 11.7. The fourth-order valence-corrected chi connectivity index (χ4v) is 2.05. The van der Waals surface area contributed by atoms with E-state index in [1.54, 1.807) is 16.9 Å². The molecule has 0 fully saturated rings. The average molecular weight is 268 g/mol. The zero-order valence-corrected chi connectivity index (χ0v) is 10.4. The number of nitrogens with two attached hydrogens (primary N) is 1. The van der Waals surface area contributed by atoms with Crippen molar-refractivity contribution in [1.82, 2.24) is 4.72 Å². The summed E-state index contributed by atoms with van der Waals surface area (Å²) in [5.74, 6) is -1.77. The molecule has 18 heavy (non-hydrogen) atoms. The number of hydrogen-bond donors (Lipinski definition) is 2.